The van der Waals surface area contributed by atoms with Gasteiger partial charge in [0.2, 0.25) is 0 Å². The van der Waals surface area contributed by atoms with Gasteiger partial charge in [-0.25, -0.2) is 4.99 Å². The van der Waals surface area contributed by atoms with E-state index in [0.29, 0.717) is 23.0 Å². The average molecular weight is 632 g/mol. The van der Waals surface area contributed by atoms with E-state index in [1.165, 1.54) is 18.4 Å². The number of anilines is 1. The van der Waals surface area contributed by atoms with E-state index in [4.69, 9.17) is 21.6 Å². The lowest BCUT2D eigenvalue weighted by atomic mass is 9.92. The first kappa shape index (κ1) is 34.4. The maximum atomic E-state index is 6.62. The standard InChI is InChI=1S/C40H46ClN5/c1-9-12-21-37(41)40(45(8)11-3)44-30(6)34-18-15-19-35(28(34)4)36-20-16-22-38(29(36)5)43-31(7)39-33(17-10-2)25-32(26-42-39)27-46-23-13-14-24-46/h9-11,15-22,25-26,43H,1-3,6,12-14,23-24,27H2,4-5,7-8H3/b33-17-,37-21+,39-31-,44-40?. The normalized spacial score (nSPS) is 15.0. The van der Waals surface area contributed by atoms with Crippen molar-refractivity contribution in [3.63, 3.8) is 0 Å². The highest BCUT2D eigenvalue weighted by atomic mass is 35.5. The molecule has 0 bridgehead atoms. The Morgan fingerprint density at radius 3 is 2.43 bits per heavy atom. The van der Waals surface area contributed by atoms with E-state index < -0.39 is 0 Å². The molecule has 1 aromatic heterocycles. The van der Waals surface area contributed by atoms with Gasteiger partial charge in [0.25, 0.3) is 0 Å². The van der Waals surface area contributed by atoms with Crippen molar-refractivity contribution < 1.29 is 0 Å². The zero-order chi connectivity index (χ0) is 33.2. The summed E-state index contributed by atoms with van der Waals surface area (Å²) in [6, 6.07) is 14.8. The maximum Gasteiger partial charge on any atom is 0.151 e. The second-order valence-corrected chi connectivity index (χ2v) is 12.0. The van der Waals surface area contributed by atoms with Crippen LogP contribution in [-0.2, 0) is 6.54 Å². The second-order valence-electron chi connectivity index (χ2n) is 11.6. The van der Waals surface area contributed by atoms with Gasteiger partial charge in [-0.3, -0.25) is 9.88 Å². The highest BCUT2D eigenvalue weighted by Crippen LogP contribution is 2.34. The molecule has 2 aromatic carbocycles. The van der Waals surface area contributed by atoms with Crippen molar-refractivity contribution in [2.75, 3.05) is 25.5 Å². The zero-order valence-electron chi connectivity index (χ0n) is 27.7. The molecule has 2 heterocycles. The number of rotatable bonds is 12. The van der Waals surface area contributed by atoms with Crippen molar-refractivity contribution in [3.05, 3.63) is 137 Å². The molecule has 0 saturated carbocycles. The van der Waals surface area contributed by atoms with Crippen molar-refractivity contribution in [2.45, 2.75) is 46.6 Å². The average Bonchev–Trinajstić information content (AvgIpc) is 3.56. The molecule has 0 amide bonds. The van der Waals surface area contributed by atoms with Crippen LogP contribution in [0.25, 0.3) is 28.6 Å². The number of halogens is 1. The van der Waals surface area contributed by atoms with Crippen LogP contribution in [0.1, 0.15) is 48.4 Å². The lowest BCUT2D eigenvalue weighted by Crippen LogP contribution is -2.33. The third-order valence-corrected chi connectivity index (χ3v) is 8.67. The third kappa shape index (κ3) is 8.22. The molecule has 1 aliphatic rings. The van der Waals surface area contributed by atoms with Gasteiger partial charge in [-0.1, -0.05) is 86.0 Å². The molecule has 46 heavy (non-hydrogen) atoms. The number of likely N-dealkylation sites (N-methyl/N-ethyl adjacent to an activating group) is 1. The van der Waals surface area contributed by atoms with Crippen LogP contribution < -0.4 is 15.9 Å². The fraction of sp³-hybridized carbons (Fsp3) is 0.250. The lowest BCUT2D eigenvalue weighted by Gasteiger charge is -2.19. The van der Waals surface area contributed by atoms with Crippen molar-refractivity contribution >= 4 is 40.6 Å². The first-order valence-corrected chi connectivity index (χ1v) is 16.1. The Kier molecular flexibility index (Phi) is 12.1. The molecule has 4 rings (SSSR count). The minimum absolute atomic E-state index is 0.517. The van der Waals surface area contributed by atoms with Crippen molar-refractivity contribution in [3.8, 4) is 11.1 Å². The van der Waals surface area contributed by atoms with Crippen LogP contribution in [0.15, 0.2) is 109 Å². The van der Waals surface area contributed by atoms with Crippen molar-refractivity contribution in [1.82, 2.24) is 14.8 Å². The number of pyridine rings is 1. The van der Waals surface area contributed by atoms with E-state index in [9.17, 15) is 0 Å². The fourth-order valence-electron chi connectivity index (χ4n) is 5.80. The number of nitrogens with one attached hydrogen (secondary N) is 1. The molecule has 1 saturated heterocycles. The summed E-state index contributed by atoms with van der Waals surface area (Å²) >= 11 is 6.62. The number of allylic oxidation sites excluding steroid dienone is 3. The molecule has 1 N–H and O–H groups in total. The Hall–Kier alpha value is -4.45. The van der Waals surface area contributed by atoms with E-state index in [2.05, 4.69) is 87.6 Å². The molecule has 0 aliphatic carbocycles. The molecule has 6 heteroatoms. The van der Waals surface area contributed by atoms with Crippen LogP contribution in [-0.4, -0.2) is 40.8 Å². The van der Waals surface area contributed by atoms with E-state index in [0.717, 1.165) is 69.4 Å². The number of hydrogen-bond donors (Lipinski definition) is 1. The molecular weight excluding hydrogens is 586 g/mol. The van der Waals surface area contributed by atoms with Gasteiger partial charge in [0.15, 0.2) is 5.84 Å². The fourth-order valence-corrected chi connectivity index (χ4v) is 6.06. The molecule has 0 radical (unpaired) electrons. The topological polar surface area (TPSA) is 43.8 Å². The van der Waals surface area contributed by atoms with Crippen LogP contribution in [0.5, 0.6) is 0 Å². The lowest BCUT2D eigenvalue weighted by molar-refractivity contribution is 0.331. The monoisotopic (exact) mass is 631 g/mol. The Balaban J connectivity index is 1.69. The van der Waals surface area contributed by atoms with Crippen molar-refractivity contribution in [2.24, 2.45) is 4.99 Å². The minimum Gasteiger partial charge on any atom is -0.357 e. The largest absolute Gasteiger partial charge is 0.357 e. The zero-order valence-corrected chi connectivity index (χ0v) is 28.5. The number of aliphatic imine (C=N–C) groups is 1. The number of likely N-dealkylation sites (tertiary alicyclic amines) is 1. The molecule has 238 valence electrons. The van der Waals surface area contributed by atoms with Crippen LogP contribution in [0.3, 0.4) is 0 Å². The molecule has 3 aromatic rings. The predicted molar refractivity (Wildman–Crippen MR) is 200 cm³/mol. The van der Waals surface area contributed by atoms with Crippen LogP contribution in [0.4, 0.5) is 5.69 Å². The molecule has 0 atom stereocenters. The van der Waals surface area contributed by atoms with E-state index in [1.807, 2.05) is 43.6 Å². The Labute approximate surface area is 280 Å². The van der Waals surface area contributed by atoms with Crippen molar-refractivity contribution in [1.29, 1.82) is 0 Å². The summed E-state index contributed by atoms with van der Waals surface area (Å²) in [5, 5.41) is 6.17. The number of hydrogen-bond acceptors (Lipinski definition) is 4. The quantitative estimate of drug-likeness (QED) is 0.124. The number of benzene rings is 2. The van der Waals surface area contributed by atoms with Gasteiger partial charge < -0.3 is 10.2 Å². The molecule has 1 aliphatic heterocycles. The van der Waals surface area contributed by atoms with Gasteiger partial charge in [0, 0.05) is 42.0 Å². The second kappa shape index (κ2) is 16.2. The van der Waals surface area contributed by atoms with Crippen LogP contribution in [0, 0.1) is 13.8 Å². The summed E-state index contributed by atoms with van der Waals surface area (Å²) in [4.78, 5) is 14.0. The summed E-state index contributed by atoms with van der Waals surface area (Å²) in [5.41, 5.74) is 9.27. The minimum atomic E-state index is 0.517. The van der Waals surface area contributed by atoms with E-state index in [-0.39, 0.29) is 0 Å². The molecule has 5 nitrogen and oxygen atoms in total. The molecule has 0 unspecified atom stereocenters. The Bertz CT molecular complexity index is 1810. The maximum absolute atomic E-state index is 6.62. The van der Waals surface area contributed by atoms with Gasteiger partial charge >= 0.3 is 0 Å². The van der Waals surface area contributed by atoms with Gasteiger partial charge in [-0.05, 0) is 99.3 Å². The summed E-state index contributed by atoms with van der Waals surface area (Å²) in [6.07, 6.45) is 14.4. The highest BCUT2D eigenvalue weighted by Gasteiger charge is 2.16. The highest BCUT2D eigenvalue weighted by molar-refractivity contribution is 6.43. The first-order valence-electron chi connectivity index (χ1n) is 15.8. The summed E-state index contributed by atoms with van der Waals surface area (Å²) in [5.74, 6) is 0.576. The smallest absolute Gasteiger partial charge is 0.151 e. The summed E-state index contributed by atoms with van der Waals surface area (Å²) < 4.78 is 0. The predicted octanol–water partition coefficient (Wildman–Crippen LogP) is 8.31. The van der Waals surface area contributed by atoms with Gasteiger partial charge in [-0.15, -0.1) is 6.58 Å². The van der Waals surface area contributed by atoms with Crippen LogP contribution >= 0.6 is 11.6 Å². The van der Waals surface area contributed by atoms with Gasteiger partial charge in [0.1, 0.15) is 0 Å². The SMILES string of the molecule is C=C/C=c1/cc(CN2CCCC2)cn/c1=C(/C)Nc1cccc(-c2cccc(C(=C)N=C(/C(Cl)=C\CC=C)N(C)C=C)c2C)c1C. The molecule has 0 spiro atoms. The number of nitrogens with zero attached hydrogens (tertiary/aromatic N) is 4. The molecular formula is C40H46ClN5. The number of aromatic nitrogens is 1. The first-order chi connectivity index (χ1) is 22.2. The summed E-state index contributed by atoms with van der Waals surface area (Å²) in [7, 11) is 1.87. The Morgan fingerprint density at radius 1 is 1.07 bits per heavy atom. The summed E-state index contributed by atoms with van der Waals surface area (Å²) in [6.45, 7) is 25.5. The van der Waals surface area contributed by atoms with E-state index >= 15 is 0 Å². The Morgan fingerprint density at radius 2 is 1.76 bits per heavy atom. The van der Waals surface area contributed by atoms with Gasteiger partial charge in [0.05, 0.1) is 16.1 Å². The third-order valence-electron chi connectivity index (χ3n) is 8.35. The molecule has 1 fully saturated rings. The van der Waals surface area contributed by atoms with Gasteiger partial charge in [-0.2, -0.15) is 0 Å². The van der Waals surface area contributed by atoms with Crippen LogP contribution in [0.2, 0.25) is 0 Å². The number of amidine groups is 1. The van der Waals surface area contributed by atoms with E-state index in [1.54, 1.807) is 17.2 Å².